The third-order valence-electron chi connectivity index (χ3n) is 2.40. The Labute approximate surface area is 108 Å². The Hall–Kier alpha value is -1.82. The molecule has 0 fully saturated rings. The molecule has 2 heterocycles. The van der Waals surface area contributed by atoms with Gasteiger partial charge in [0.15, 0.2) is 0 Å². The first-order valence-electron chi connectivity index (χ1n) is 5.35. The van der Waals surface area contributed by atoms with Crippen molar-refractivity contribution in [3.05, 3.63) is 45.9 Å². The third kappa shape index (κ3) is 2.70. The Morgan fingerprint density at radius 2 is 2.33 bits per heavy atom. The molecule has 1 amide bonds. The van der Waals surface area contributed by atoms with Gasteiger partial charge < -0.3 is 4.90 Å². The number of nitrogens with zero attached hydrogens (tertiary/aromatic N) is 3. The van der Waals surface area contributed by atoms with Gasteiger partial charge in [-0.1, -0.05) is 0 Å². The van der Waals surface area contributed by atoms with Crippen molar-refractivity contribution in [2.75, 3.05) is 7.05 Å². The van der Waals surface area contributed by atoms with Gasteiger partial charge >= 0.3 is 0 Å². The van der Waals surface area contributed by atoms with E-state index in [0.717, 1.165) is 10.7 Å². The molecule has 6 heteroatoms. The number of carbonyl (C=O) groups is 1. The van der Waals surface area contributed by atoms with E-state index >= 15 is 0 Å². The maximum Gasteiger partial charge on any atom is 0.258 e. The highest BCUT2D eigenvalue weighted by Gasteiger charge is 2.17. The normalized spacial score (nSPS) is 10.4. The average Bonchev–Trinajstić information content (AvgIpc) is 2.74. The fraction of sp³-hybridized carbons (Fsp3) is 0.250. The molecule has 0 aliphatic carbocycles. The van der Waals surface area contributed by atoms with Crippen LogP contribution in [-0.4, -0.2) is 27.8 Å². The van der Waals surface area contributed by atoms with E-state index in [1.54, 1.807) is 7.05 Å². The summed E-state index contributed by atoms with van der Waals surface area (Å²) in [6, 6.07) is 2.96. The number of pyridine rings is 1. The van der Waals surface area contributed by atoms with Gasteiger partial charge in [-0.25, -0.2) is 9.97 Å². The van der Waals surface area contributed by atoms with Crippen molar-refractivity contribution >= 4 is 17.2 Å². The largest absolute Gasteiger partial charge is 0.336 e. The molecule has 0 spiro atoms. The Kier molecular flexibility index (Phi) is 3.66. The van der Waals surface area contributed by atoms with Crippen LogP contribution in [0.4, 0.5) is 4.39 Å². The van der Waals surface area contributed by atoms with Gasteiger partial charge in [-0.15, -0.1) is 11.3 Å². The van der Waals surface area contributed by atoms with Gasteiger partial charge in [-0.3, -0.25) is 4.79 Å². The van der Waals surface area contributed by atoms with Crippen LogP contribution in [0.15, 0.2) is 23.7 Å². The van der Waals surface area contributed by atoms with E-state index < -0.39 is 11.9 Å². The minimum Gasteiger partial charge on any atom is -0.336 e. The van der Waals surface area contributed by atoms with Gasteiger partial charge in [-0.05, 0) is 19.1 Å². The summed E-state index contributed by atoms with van der Waals surface area (Å²) in [5, 5.41) is 2.83. The predicted molar refractivity (Wildman–Crippen MR) is 66.8 cm³/mol. The van der Waals surface area contributed by atoms with Crippen molar-refractivity contribution in [2.45, 2.75) is 13.5 Å². The molecule has 0 unspecified atom stereocenters. The molecule has 2 aromatic rings. The number of aromatic nitrogens is 2. The standard InChI is InChI=1S/C12H12FN3OS/c1-8-15-9(7-18-8)6-16(2)12(17)10-4-3-5-14-11(10)13/h3-5,7H,6H2,1-2H3. The van der Waals surface area contributed by atoms with Crippen LogP contribution in [-0.2, 0) is 6.54 Å². The molecule has 18 heavy (non-hydrogen) atoms. The van der Waals surface area contributed by atoms with Crippen LogP contribution >= 0.6 is 11.3 Å². The molecule has 0 aliphatic heterocycles. The predicted octanol–water partition coefficient (Wildman–Crippen LogP) is 2.26. The molecule has 2 rings (SSSR count). The number of rotatable bonds is 3. The van der Waals surface area contributed by atoms with Gasteiger partial charge in [0, 0.05) is 18.6 Å². The monoisotopic (exact) mass is 265 g/mol. The fourth-order valence-corrected chi connectivity index (χ4v) is 2.15. The first-order valence-corrected chi connectivity index (χ1v) is 6.23. The maximum atomic E-state index is 13.4. The second kappa shape index (κ2) is 5.22. The van der Waals surface area contributed by atoms with Crippen LogP contribution in [0.25, 0.3) is 0 Å². The topological polar surface area (TPSA) is 46.1 Å². The Morgan fingerprint density at radius 1 is 1.56 bits per heavy atom. The highest BCUT2D eigenvalue weighted by atomic mass is 32.1. The first-order chi connectivity index (χ1) is 8.58. The Bertz CT molecular complexity index is 570. The smallest absolute Gasteiger partial charge is 0.258 e. The summed E-state index contributed by atoms with van der Waals surface area (Å²) < 4.78 is 13.4. The summed E-state index contributed by atoms with van der Waals surface area (Å²) in [5.74, 6) is -1.14. The number of aryl methyl sites for hydroxylation is 1. The molecule has 0 saturated carbocycles. The number of amides is 1. The van der Waals surface area contributed by atoms with Crippen LogP contribution in [0.5, 0.6) is 0 Å². The lowest BCUT2D eigenvalue weighted by atomic mass is 10.2. The quantitative estimate of drug-likeness (QED) is 0.800. The molecule has 0 radical (unpaired) electrons. The molecule has 0 bridgehead atoms. The molecule has 0 saturated heterocycles. The summed E-state index contributed by atoms with van der Waals surface area (Å²) in [5.41, 5.74) is 0.782. The Morgan fingerprint density at radius 3 is 2.94 bits per heavy atom. The van der Waals surface area contributed by atoms with E-state index in [0.29, 0.717) is 6.54 Å². The summed E-state index contributed by atoms with van der Waals surface area (Å²) in [6.07, 6.45) is 1.32. The lowest BCUT2D eigenvalue weighted by Gasteiger charge is -2.15. The molecule has 0 atom stereocenters. The second-order valence-electron chi connectivity index (χ2n) is 3.86. The average molecular weight is 265 g/mol. The van der Waals surface area contributed by atoms with Crippen molar-refractivity contribution < 1.29 is 9.18 Å². The molecular formula is C12H12FN3OS. The number of halogens is 1. The third-order valence-corrected chi connectivity index (χ3v) is 3.22. The van der Waals surface area contributed by atoms with Crippen LogP contribution in [0, 0.1) is 12.9 Å². The zero-order valence-electron chi connectivity index (χ0n) is 10.1. The van der Waals surface area contributed by atoms with E-state index in [2.05, 4.69) is 9.97 Å². The van der Waals surface area contributed by atoms with Crippen molar-refractivity contribution in [1.82, 2.24) is 14.9 Å². The zero-order valence-corrected chi connectivity index (χ0v) is 10.9. The zero-order chi connectivity index (χ0) is 13.1. The molecule has 0 aromatic carbocycles. The fourth-order valence-electron chi connectivity index (χ4n) is 1.55. The van der Waals surface area contributed by atoms with Crippen molar-refractivity contribution in [3.8, 4) is 0 Å². The van der Waals surface area contributed by atoms with E-state index in [1.807, 2.05) is 12.3 Å². The van der Waals surface area contributed by atoms with Crippen LogP contribution < -0.4 is 0 Å². The van der Waals surface area contributed by atoms with Crippen molar-refractivity contribution in [3.63, 3.8) is 0 Å². The van der Waals surface area contributed by atoms with Gasteiger partial charge in [-0.2, -0.15) is 4.39 Å². The Balaban J connectivity index is 2.12. The van der Waals surface area contributed by atoms with E-state index in [-0.39, 0.29) is 5.56 Å². The maximum absolute atomic E-state index is 13.4. The van der Waals surface area contributed by atoms with E-state index in [1.165, 1.54) is 34.6 Å². The van der Waals surface area contributed by atoms with E-state index in [9.17, 15) is 9.18 Å². The minimum atomic E-state index is -0.746. The van der Waals surface area contributed by atoms with Crippen LogP contribution in [0.2, 0.25) is 0 Å². The summed E-state index contributed by atoms with van der Waals surface area (Å²) in [6.45, 7) is 2.26. The van der Waals surface area contributed by atoms with E-state index in [4.69, 9.17) is 0 Å². The number of hydrogen-bond donors (Lipinski definition) is 0. The lowest BCUT2D eigenvalue weighted by molar-refractivity contribution is 0.0778. The molecular weight excluding hydrogens is 253 g/mol. The SMILES string of the molecule is Cc1nc(CN(C)C(=O)c2cccnc2F)cs1. The minimum absolute atomic E-state index is 0.0213. The molecule has 4 nitrogen and oxygen atoms in total. The molecule has 2 aromatic heterocycles. The molecule has 0 aliphatic rings. The van der Waals surface area contributed by atoms with Crippen molar-refractivity contribution in [1.29, 1.82) is 0 Å². The highest BCUT2D eigenvalue weighted by molar-refractivity contribution is 7.09. The van der Waals surface area contributed by atoms with Gasteiger partial charge in [0.2, 0.25) is 5.95 Å². The summed E-state index contributed by atoms with van der Waals surface area (Å²) >= 11 is 1.52. The van der Waals surface area contributed by atoms with Crippen LogP contribution in [0.1, 0.15) is 21.1 Å². The molecule has 94 valence electrons. The van der Waals surface area contributed by atoms with Gasteiger partial charge in [0.1, 0.15) is 0 Å². The first kappa shape index (κ1) is 12.6. The summed E-state index contributed by atoms with van der Waals surface area (Å²) in [7, 11) is 1.61. The van der Waals surface area contributed by atoms with Crippen LogP contribution in [0.3, 0.4) is 0 Å². The second-order valence-corrected chi connectivity index (χ2v) is 4.92. The molecule has 0 N–H and O–H groups in total. The highest BCUT2D eigenvalue weighted by Crippen LogP contribution is 2.12. The number of carbonyl (C=O) groups excluding carboxylic acids is 1. The van der Waals surface area contributed by atoms with Gasteiger partial charge in [0.05, 0.1) is 22.8 Å². The number of hydrogen-bond acceptors (Lipinski definition) is 4. The summed E-state index contributed by atoms with van der Waals surface area (Å²) in [4.78, 5) is 21.2. The van der Waals surface area contributed by atoms with Gasteiger partial charge in [0.25, 0.3) is 5.91 Å². The lowest BCUT2D eigenvalue weighted by Crippen LogP contribution is -2.27. The number of thiazole rings is 1. The van der Waals surface area contributed by atoms with Crippen molar-refractivity contribution in [2.24, 2.45) is 0 Å².